The fourth-order valence-electron chi connectivity index (χ4n) is 0.184. The minimum atomic E-state index is -0.875. The Morgan fingerprint density at radius 2 is 1.50 bits per heavy atom. The van der Waals surface area contributed by atoms with E-state index in [1.165, 1.54) is 6.42 Å². The van der Waals surface area contributed by atoms with E-state index in [1.54, 1.807) is 14.2 Å². The molecule has 0 aromatic carbocycles. The van der Waals surface area contributed by atoms with Gasteiger partial charge in [0.15, 0.2) is 0 Å². The summed E-state index contributed by atoms with van der Waals surface area (Å²) in [5.74, 6) is -1.59. The van der Waals surface area contributed by atoms with E-state index in [-0.39, 0.29) is 0 Å². The number of ketones is 1. The first kappa shape index (κ1) is 18.6. The number of hydrogen-bond donors (Lipinski definition) is 0. The molecule has 0 rings (SSSR count). The molecule has 0 aliphatic rings. The van der Waals surface area contributed by atoms with Crippen LogP contribution in [0.2, 0.25) is 0 Å². The summed E-state index contributed by atoms with van der Waals surface area (Å²) in [7, 11) is 4.39. The van der Waals surface area contributed by atoms with Crippen LogP contribution in [0.5, 0.6) is 0 Å². The highest BCUT2D eigenvalue weighted by Gasteiger charge is 2.06. The van der Waals surface area contributed by atoms with Gasteiger partial charge in [-0.1, -0.05) is 26.8 Å². The van der Waals surface area contributed by atoms with Gasteiger partial charge >= 0.3 is 5.97 Å². The van der Waals surface area contributed by atoms with E-state index in [4.69, 9.17) is 0 Å². The van der Waals surface area contributed by atoms with Gasteiger partial charge in [-0.25, -0.2) is 4.79 Å². The lowest BCUT2D eigenvalue weighted by Crippen LogP contribution is -2.11. The van der Waals surface area contributed by atoms with Gasteiger partial charge in [-0.15, -0.1) is 0 Å². The Bertz CT molecular complexity index is 150. The molecule has 0 heterocycles. The Kier molecular flexibility index (Phi) is 23.6. The number of hydrogen-bond acceptors (Lipinski definition) is 4. The summed E-state index contributed by atoms with van der Waals surface area (Å²) in [6, 6.07) is 0. The van der Waals surface area contributed by atoms with Crippen molar-refractivity contribution in [2.45, 2.75) is 20.3 Å². The molecule has 14 heavy (non-hydrogen) atoms. The minimum absolute atomic E-state index is 0.715. The second-order valence-electron chi connectivity index (χ2n) is 2.18. The van der Waals surface area contributed by atoms with Crippen LogP contribution in [0.1, 0.15) is 20.3 Å². The fourth-order valence-corrected chi connectivity index (χ4v) is 0.184. The van der Waals surface area contributed by atoms with E-state index in [9.17, 15) is 9.59 Å². The van der Waals surface area contributed by atoms with Crippen molar-refractivity contribution in [3.8, 4) is 0 Å². The van der Waals surface area contributed by atoms with Crippen LogP contribution >= 0.6 is 0 Å². The van der Waals surface area contributed by atoms with Gasteiger partial charge in [0.1, 0.15) is 0 Å². The zero-order valence-corrected chi connectivity index (χ0v) is 9.62. The number of ether oxygens (including phenoxy) is 2. The topological polar surface area (TPSA) is 52.6 Å². The molecule has 0 fully saturated rings. The molecule has 0 spiro atoms. The van der Waals surface area contributed by atoms with Gasteiger partial charge in [0.2, 0.25) is 0 Å². The van der Waals surface area contributed by atoms with Crippen molar-refractivity contribution in [2.75, 3.05) is 21.3 Å². The number of carbonyl (C=O) groups excluding carboxylic acids is 2. The van der Waals surface area contributed by atoms with Gasteiger partial charge in [0.05, 0.1) is 7.11 Å². The van der Waals surface area contributed by atoms with Gasteiger partial charge in [-0.3, -0.25) is 4.79 Å². The van der Waals surface area contributed by atoms with Crippen LogP contribution in [0.25, 0.3) is 0 Å². The molecule has 0 atom stereocenters. The van der Waals surface area contributed by atoms with Crippen molar-refractivity contribution in [1.29, 1.82) is 0 Å². The molecule has 0 aromatic rings. The first-order chi connectivity index (χ1) is 6.55. The molecule has 4 nitrogen and oxygen atoms in total. The lowest BCUT2D eigenvalue weighted by atomic mass is 10.4. The summed E-state index contributed by atoms with van der Waals surface area (Å²) in [4.78, 5) is 20.3. The van der Waals surface area contributed by atoms with Gasteiger partial charge < -0.3 is 9.47 Å². The Morgan fingerprint density at radius 1 is 1.21 bits per heavy atom. The predicted molar refractivity (Wildman–Crippen MR) is 56.1 cm³/mol. The zero-order valence-electron chi connectivity index (χ0n) is 9.62. The largest absolute Gasteiger partial charge is 0.463 e. The van der Waals surface area contributed by atoms with Gasteiger partial charge in [-0.2, -0.15) is 0 Å². The monoisotopic (exact) mass is 204 g/mol. The zero-order chi connectivity index (χ0) is 12.0. The summed E-state index contributed by atoms with van der Waals surface area (Å²) in [5.41, 5.74) is 0. The predicted octanol–water partition coefficient (Wildman–Crippen LogP) is 1.59. The van der Waals surface area contributed by atoms with Crippen molar-refractivity contribution in [2.24, 2.45) is 0 Å². The minimum Gasteiger partial charge on any atom is -0.463 e. The molecule has 0 bridgehead atoms. The maximum atomic E-state index is 10.2. The Morgan fingerprint density at radius 3 is 1.57 bits per heavy atom. The van der Waals surface area contributed by atoms with E-state index >= 15 is 0 Å². The normalized spacial score (nSPS) is 6.93. The van der Waals surface area contributed by atoms with Crippen LogP contribution in [0.4, 0.5) is 0 Å². The van der Waals surface area contributed by atoms with Crippen LogP contribution < -0.4 is 0 Å². The first-order valence-electron chi connectivity index (χ1n) is 4.20. The molecule has 0 N–H and O–H groups in total. The van der Waals surface area contributed by atoms with Crippen LogP contribution in [0.15, 0.2) is 12.7 Å². The highest BCUT2D eigenvalue weighted by atomic mass is 16.5. The van der Waals surface area contributed by atoms with E-state index in [0.29, 0.717) is 0 Å². The average molecular weight is 204 g/mol. The molecule has 0 unspecified atom stereocenters. The maximum absolute atomic E-state index is 10.2. The summed E-state index contributed by atoms with van der Waals surface area (Å²) in [6.07, 6.45) is 2.16. The lowest BCUT2D eigenvalue weighted by Gasteiger charge is -1.87. The van der Waals surface area contributed by atoms with Crippen LogP contribution in [-0.2, 0) is 19.1 Å². The average Bonchev–Trinajstić information content (AvgIpc) is 2.18. The molecule has 0 saturated heterocycles. The molecular weight excluding hydrogens is 184 g/mol. The number of esters is 1. The smallest absolute Gasteiger partial charge is 0.378 e. The van der Waals surface area contributed by atoms with Crippen LogP contribution in [0, 0.1) is 0 Å². The summed E-state index contributed by atoms with van der Waals surface area (Å²) < 4.78 is 8.29. The van der Waals surface area contributed by atoms with Crippen molar-refractivity contribution in [3.05, 3.63) is 12.7 Å². The second kappa shape index (κ2) is 17.8. The van der Waals surface area contributed by atoms with Crippen LogP contribution in [0.3, 0.4) is 0 Å². The summed E-state index contributed by atoms with van der Waals surface area (Å²) in [5, 5.41) is 0. The highest BCUT2D eigenvalue weighted by molar-refractivity contribution is 6.38. The second-order valence-corrected chi connectivity index (χ2v) is 2.18. The molecule has 0 radical (unpaired) electrons. The third-order valence-electron chi connectivity index (χ3n) is 0.572. The molecule has 4 heteroatoms. The van der Waals surface area contributed by atoms with Crippen molar-refractivity contribution < 1.29 is 19.1 Å². The van der Waals surface area contributed by atoms with Crippen LogP contribution in [-0.4, -0.2) is 33.1 Å². The number of carbonyl (C=O) groups is 2. The summed E-state index contributed by atoms with van der Waals surface area (Å²) >= 11 is 0. The third kappa shape index (κ3) is 22.4. The van der Waals surface area contributed by atoms with Crippen molar-refractivity contribution in [3.63, 3.8) is 0 Å². The SMILES string of the molecule is C=CC(=O)C(=O)OC.CCC.COC. The third-order valence-corrected chi connectivity index (χ3v) is 0.572. The maximum Gasteiger partial charge on any atom is 0.378 e. The first-order valence-corrected chi connectivity index (χ1v) is 4.20. The Labute approximate surface area is 85.9 Å². The van der Waals surface area contributed by atoms with Crippen molar-refractivity contribution in [1.82, 2.24) is 0 Å². The van der Waals surface area contributed by atoms with E-state index in [1.807, 2.05) is 0 Å². The quantitative estimate of drug-likeness (QED) is 0.389. The molecule has 0 aliphatic carbocycles. The summed E-state index contributed by atoms with van der Waals surface area (Å²) in [6.45, 7) is 7.33. The molecule has 0 aliphatic heterocycles. The van der Waals surface area contributed by atoms with Gasteiger partial charge in [0, 0.05) is 14.2 Å². The fraction of sp³-hybridized carbons (Fsp3) is 0.600. The van der Waals surface area contributed by atoms with Gasteiger partial charge in [0.25, 0.3) is 5.78 Å². The molecule has 84 valence electrons. The van der Waals surface area contributed by atoms with Crippen molar-refractivity contribution >= 4 is 11.8 Å². The number of rotatable bonds is 2. The molecule has 0 aromatic heterocycles. The Hall–Kier alpha value is -1.16. The number of methoxy groups -OCH3 is 2. The van der Waals surface area contributed by atoms with Gasteiger partial charge in [-0.05, 0) is 6.08 Å². The Balaban J connectivity index is -0.000000168. The standard InChI is InChI=1S/C5H6O3.C3H8.C2H6O/c1-3-4(6)5(7)8-2;2*1-3-2/h3H,1H2,2H3;3H2,1-2H3;1-2H3. The van der Waals surface area contributed by atoms with E-state index in [0.717, 1.165) is 13.2 Å². The molecule has 0 saturated carbocycles. The molecular formula is C10H20O4. The van der Waals surface area contributed by atoms with E-state index in [2.05, 4.69) is 29.9 Å². The molecule has 0 amide bonds. The highest BCUT2D eigenvalue weighted by Crippen LogP contribution is 1.76. The lowest BCUT2D eigenvalue weighted by molar-refractivity contribution is -0.149. The van der Waals surface area contributed by atoms with E-state index < -0.39 is 11.8 Å².